The highest BCUT2D eigenvalue weighted by Crippen LogP contribution is 2.47. The molecule has 0 aromatic heterocycles. The van der Waals surface area contributed by atoms with E-state index in [9.17, 15) is 50.0 Å². The number of phosphoric acid groups is 1. The summed E-state index contributed by atoms with van der Waals surface area (Å²) in [5, 5.41) is 74.4. The van der Waals surface area contributed by atoms with Crippen molar-refractivity contribution in [3.8, 4) is 0 Å². The third-order valence-corrected chi connectivity index (χ3v) is 12.4. The van der Waals surface area contributed by atoms with E-state index in [2.05, 4.69) is 43.5 Å². The number of aliphatic hydroxyl groups excluding tert-OH is 7. The molecule has 8 atom stereocenters. The van der Waals surface area contributed by atoms with Crippen molar-refractivity contribution in [1.29, 1.82) is 0 Å². The van der Waals surface area contributed by atoms with Gasteiger partial charge in [-0.3, -0.25) is 13.8 Å². The summed E-state index contributed by atoms with van der Waals surface area (Å²) in [7, 11) is -5.15. The molecule has 1 amide bonds. The van der Waals surface area contributed by atoms with Crippen LogP contribution in [0.5, 0.6) is 0 Å². The van der Waals surface area contributed by atoms with Gasteiger partial charge in [-0.2, -0.15) is 0 Å². The van der Waals surface area contributed by atoms with Crippen molar-refractivity contribution in [3.05, 3.63) is 36.5 Å². The minimum Gasteiger partial charge on any atom is -0.393 e. The lowest BCUT2D eigenvalue weighted by atomic mass is 9.85. The number of carbonyl (C=O) groups excluding carboxylic acids is 1. The zero-order valence-electron chi connectivity index (χ0n) is 37.8. The highest BCUT2D eigenvalue weighted by molar-refractivity contribution is 7.47. The Morgan fingerprint density at radius 2 is 0.967 bits per heavy atom. The molecule has 0 radical (unpaired) electrons. The van der Waals surface area contributed by atoms with Gasteiger partial charge < -0.3 is 46.0 Å². The van der Waals surface area contributed by atoms with Crippen molar-refractivity contribution >= 4 is 13.7 Å². The van der Waals surface area contributed by atoms with Crippen LogP contribution >= 0.6 is 7.82 Å². The molecule has 1 saturated carbocycles. The van der Waals surface area contributed by atoms with E-state index in [4.69, 9.17) is 9.05 Å². The molecular weight excluding hydrogens is 801 g/mol. The summed E-state index contributed by atoms with van der Waals surface area (Å²) in [5.74, 6) is -0.609. The van der Waals surface area contributed by atoms with Gasteiger partial charge in [-0.05, 0) is 57.8 Å². The van der Waals surface area contributed by atoms with Crippen LogP contribution in [0.15, 0.2) is 36.5 Å². The smallest absolute Gasteiger partial charge is 0.393 e. The van der Waals surface area contributed by atoms with E-state index in [1.54, 1.807) is 6.08 Å². The molecule has 1 aliphatic carbocycles. The first kappa shape index (κ1) is 57.5. The Labute approximate surface area is 368 Å². The average Bonchev–Trinajstić information content (AvgIpc) is 3.23. The number of phosphoric ester groups is 1. The highest BCUT2D eigenvalue weighted by atomic mass is 31.2. The lowest BCUT2D eigenvalue weighted by molar-refractivity contribution is -0.220. The maximum atomic E-state index is 13.0. The van der Waals surface area contributed by atoms with Gasteiger partial charge in [0.2, 0.25) is 5.91 Å². The topological polar surface area (TPSA) is 226 Å². The van der Waals surface area contributed by atoms with Crippen molar-refractivity contribution in [2.24, 2.45) is 0 Å². The van der Waals surface area contributed by atoms with Gasteiger partial charge >= 0.3 is 7.82 Å². The molecule has 14 heteroatoms. The van der Waals surface area contributed by atoms with Crippen molar-refractivity contribution < 1.29 is 59.0 Å². The van der Waals surface area contributed by atoms with Crippen molar-refractivity contribution in [3.63, 3.8) is 0 Å². The summed E-state index contributed by atoms with van der Waals surface area (Å²) in [4.78, 5) is 23.4. The average molecular weight is 890 g/mol. The Kier molecular flexibility index (Phi) is 34.7. The van der Waals surface area contributed by atoms with Crippen molar-refractivity contribution in [2.75, 3.05) is 6.61 Å². The number of nitrogens with one attached hydrogen (secondary N) is 1. The molecule has 1 rings (SSSR count). The first-order valence-electron chi connectivity index (χ1n) is 24.0. The number of aliphatic hydroxyl groups is 7. The molecule has 1 aliphatic rings. The van der Waals surface area contributed by atoms with Gasteiger partial charge in [0.25, 0.3) is 0 Å². The van der Waals surface area contributed by atoms with E-state index in [1.807, 2.05) is 0 Å². The molecule has 0 bridgehead atoms. The molecule has 358 valence electrons. The van der Waals surface area contributed by atoms with E-state index < -0.39 is 75.2 Å². The number of allylic oxidation sites excluding steroid dienone is 5. The molecule has 13 nitrogen and oxygen atoms in total. The number of hydrogen-bond acceptors (Lipinski definition) is 11. The summed E-state index contributed by atoms with van der Waals surface area (Å²) < 4.78 is 22.9. The summed E-state index contributed by atoms with van der Waals surface area (Å²) in [6, 6.07) is -1.26. The summed E-state index contributed by atoms with van der Waals surface area (Å²) in [5.41, 5.74) is 0. The van der Waals surface area contributed by atoms with Gasteiger partial charge in [-0.25, -0.2) is 4.57 Å². The van der Waals surface area contributed by atoms with Crippen LogP contribution in [0.2, 0.25) is 0 Å². The third-order valence-electron chi connectivity index (χ3n) is 11.4. The summed E-state index contributed by atoms with van der Waals surface area (Å²) >= 11 is 0. The lowest BCUT2D eigenvalue weighted by Crippen LogP contribution is -2.64. The molecule has 8 unspecified atom stereocenters. The Morgan fingerprint density at radius 3 is 1.46 bits per heavy atom. The van der Waals surface area contributed by atoms with Gasteiger partial charge in [0.15, 0.2) is 0 Å². The fourth-order valence-corrected chi connectivity index (χ4v) is 8.45. The molecule has 0 aromatic carbocycles. The summed E-state index contributed by atoms with van der Waals surface area (Å²) in [6.07, 6.45) is 28.0. The quantitative estimate of drug-likeness (QED) is 0.0162. The first-order chi connectivity index (χ1) is 29.3. The van der Waals surface area contributed by atoms with Gasteiger partial charge in [0.05, 0.1) is 31.3 Å². The van der Waals surface area contributed by atoms with Crippen LogP contribution in [-0.2, 0) is 18.4 Å². The van der Waals surface area contributed by atoms with E-state index in [1.165, 1.54) is 102 Å². The molecule has 9 N–H and O–H groups in total. The number of carbonyl (C=O) groups is 1. The van der Waals surface area contributed by atoms with Crippen LogP contribution in [0.1, 0.15) is 194 Å². The zero-order chi connectivity index (χ0) is 45.1. The molecule has 61 heavy (non-hydrogen) atoms. The molecule has 0 saturated heterocycles. The van der Waals surface area contributed by atoms with E-state index >= 15 is 0 Å². The SMILES string of the molecule is CCCCCC/C=C\CCCCCCCC(O)CC(=O)NC(COP(=O)(O)OC1C(O)C(O)C(O)C(O)C1O)C(O)/C=C/CC/C=C/CCCCCCCCCCCCCC. The maximum absolute atomic E-state index is 13.0. The van der Waals surface area contributed by atoms with Crippen LogP contribution in [0.25, 0.3) is 0 Å². The van der Waals surface area contributed by atoms with Crippen molar-refractivity contribution in [2.45, 2.75) is 249 Å². The predicted molar refractivity (Wildman–Crippen MR) is 243 cm³/mol. The second kappa shape index (κ2) is 36.8. The molecule has 0 aromatic rings. The minimum atomic E-state index is -5.15. The number of hydrogen-bond donors (Lipinski definition) is 9. The standard InChI is InChI=1S/C47H88NO12P/c1-3-5-7-9-11-13-15-17-18-19-20-21-23-25-27-29-31-33-35-40(50)39(37-59-61(57,58)60-47-45(55)43(53)42(52)44(54)46(47)56)48-41(51)36-38(49)34-32-30-28-26-24-22-16-14-12-10-8-6-4-2/h14,16,25,27,33,35,38-40,42-47,49-50,52-56H,3-13,15,17-24,26,28-32,34,36-37H2,1-2H3,(H,48,51)(H,57,58)/b16-14-,27-25+,35-33+. The Bertz CT molecular complexity index is 1190. The highest BCUT2D eigenvalue weighted by Gasteiger charge is 2.51. The Morgan fingerprint density at radius 1 is 0.574 bits per heavy atom. The normalized spacial score (nSPS) is 23.5. The monoisotopic (exact) mass is 890 g/mol. The summed E-state index contributed by atoms with van der Waals surface area (Å²) in [6.45, 7) is 3.71. The minimum absolute atomic E-state index is 0.258. The third kappa shape index (κ3) is 28.8. The van der Waals surface area contributed by atoms with Crippen LogP contribution in [0.3, 0.4) is 0 Å². The first-order valence-corrected chi connectivity index (χ1v) is 25.5. The Balaban J connectivity index is 2.57. The maximum Gasteiger partial charge on any atom is 0.472 e. The van der Waals surface area contributed by atoms with Crippen molar-refractivity contribution in [1.82, 2.24) is 5.32 Å². The van der Waals surface area contributed by atoms with Crippen LogP contribution in [0, 0.1) is 0 Å². The van der Waals surface area contributed by atoms with Crippen LogP contribution < -0.4 is 5.32 Å². The van der Waals surface area contributed by atoms with E-state index in [-0.39, 0.29) is 6.42 Å². The fraction of sp³-hybridized carbons (Fsp3) is 0.851. The zero-order valence-corrected chi connectivity index (χ0v) is 38.7. The fourth-order valence-electron chi connectivity index (χ4n) is 7.49. The molecular formula is C47H88NO12P. The van der Waals surface area contributed by atoms with Crippen LogP contribution in [-0.4, -0.2) is 108 Å². The van der Waals surface area contributed by atoms with Gasteiger partial charge in [-0.1, -0.05) is 166 Å². The van der Waals surface area contributed by atoms with Crippen LogP contribution in [0.4, 0.5) is 0 Å². The number of unbranched alkanes of at least 4 members (excludes halogenated alkanes) is 22. The second-order valence-corrected chi connectivity index (χ2v) is 18.5. The second-order valence-electron chi connectivity index (χ2n) is 17.1. The number of amides is 1. The van der Waals surface area contributed by atoms with E-state index in [0.29, 0.717) is 12.8 Å². The van der Waals surface area contributed by atoms with E-state index in [0.717, 1.165) is 64.2 Å². The Hall–Kier alpha value is -1.48. The molecule has 1 fully saturated rings. The molecule has 0 aliphatic heterocycles. The van der Waals surface area contributed by atoms with Gasteiger partial charge in [0.1, 0.15) is 36.6 Å². The predicted octanol–water partition coefficient (Wildman–Crippen LogP) is 8.14. The van der Waals surface area contributed by atoms with Gasteiger partial charge in [-0.15, -0.1) is 0 Å². The molecule has 0 spiro atoms. The number of rotatable bonds is 39. The van der Waals surface area contributed by atoms with Gasteiger partial charge in [0, 0.05) is 0 Å². The lowest BCUT2D eigenvalue weighted by Gasteiger charge is -2.41. The molecule has 0 heterocycles. The largest absolute Gasteiger partial charge is 0.472 e.